The van der Waals surface area contributed by atoms with E-state index in [4.69, 9.17) is 15.7 Å². The molecule has 0 aliphatic rings. The summed E-state index contributed by atoms with van der Waals surface area (Å²) < 4.78 is 5.15. The summed E-state index contributed by atoms with van der Waals surface area (Å²) in [6.07, 6.45) is 0. The van der Waals surface area contributed by atoms with Gasteiger partial charge in [0.15, 0.2) is 6.61 Å². The van der Waals surface area contributed by atoms with E-state index in [9.17, 15) is 9.59 Å². The molecule has 2 aromatic heterocycles. The van der Waals surface area contributed by atoms with E-state index in [1.54, 1.807) is 24.3 Å². The second-order valence-corrected chi connectivity index (χ2v) is 6.67. The quantitative estimate of drug-likeness (QED) is 0.415. The number of nitrogens with zero attached hydrogens (tertiary/aromatic N) is 2. The lowest BCUT2D eigenvalue weighted by Crippen LogP contribution is -2.18. The number of ether oxygens (including phenoxy) is 1. The fourth-order valence-electron chi connectivity index (χ4n) is 2.55. The Morgan fingerprint density at radius 3 is 2.70 bits per heavy atom. The molecule has 0 bridgehead atoms. The Kier molecular flexibility index (Phi) is 5.29. The number of ketones is 1. The van der Waals surface area contributed by atoms with Crippen LogP contribution in [0.15, 0.2) is 59.1 Å². The fraction of sp³-hybridized carbons (Fsp3) is 0.100. The number of aromatic nitrogens is 1. The number of rotatable bonds is 5. The Labute approximate surface area is 159 Å². The summed E-state index contributed by atoms with van der Waals surface area (Å²) in [5, 5.41) is 11.5. The van der Waals surface area contributed by atoms with Crippen LogP contribution in [0.4, 0.5) is 0 Å². The average molecular weight is 377 g/mol. The molecule has 3 rings (SSSR count). The van der Waals surface area contributed by atoms with Gasteiger partial charge >= 0.3 is 5.97 Å². The summed E-state index contributed by atoms with van der Waals surface area (Å²) in [7, 11) is 0. The number of thiophene rings is 1. The maximum Gasteiger partial charge on any atom is 0.339 e. The number of pyridine rings is 1. The summed E-state index contributed by atoms with van der Waals surface area (Å²) in [4.78, 5) is 30.2. The summed E-state index contributed by atoms with van der Waals surface area (Å²) in [6.45, 7) is 0.892. The first-order valence-corrected chi connectivity index (χ1v) is 8.89. The second-order valence-electron chi connectivity index (χ2n) is 5.72. The number of hydrogen-bond donors (Lipinski definition) is 1. The minimum Gasteiger partial charge on any atom is -0.454 e. The molecule has 0 aliphatic carbocycles. The van der Waals surface area contributed by atoms with Crippen molar-refractivity contribution in [3.05, 3.63) is 64.7 Å². The van der Waals surface area contributed by atoms with Crippen molar-refractivity contribution in [3.63, 3.8) is 0 Å². The van der Waals surface area contributed by atoms with Crippen molar-refractivity contribution in [3.8, 4) is 16.6 Å². The predicted octanol–water partition coefficient (Wildman–Crippen LogP) is 3.45. The molecule has 6 nitrogen and oxygen atoms in total. The van der Waals surface area contributed by atoms with Gasteiger partial charge in [0, 0.05) is 11.1 Å². The van der Waals surface area contributed by atoms with E-state index in [-0.39, 0.29) is 11.3 Å². The van der Waals surface area contributed by atoms with Crippen molar-refractivity contribution in [1.82, 2.24) is 4.98 Å². The predicted molar refractivity (Wildman–Crippen MR) is 103 cm³/mol. The Balaban J connectivity index is 1.94. The van der Waals surface area contributed by atoms with Crippen molar-refractivity contribution in [2.24, 2.45) is 5.73 Å². The van der Waals surface area contributed by atoms with E-state index in [1.807, 2.05) is 29.6 Å². The fourth-order valence-corrected chi connectivity index (χ4v) is 3.23. The van der Waals surface area contributed by atoms with E-state index < -0.39 is 18.4 Å². The van der Waals surface area contributed by atoms with Crippen LogP contribution in [-0.4, -0.2) is 23.3 Å². The third-order valence-corrected chi connectivity index (χ3v) is 4.72. The number of para-hydroxylation sites is 1. The van der Waals surface area contributed by atoms with E-state index in [0.717, 1.165) is 4.88 Å². The first kappa shape index (κ1) is 18.3. The molecule has 2 heterocycles. The van der Waals surface area contributed by atoms with Gasteiger partial charge in [0.25, 0.3) is 0 Å². The number of nitrogens with two attached hydrogens (primary N) is 1. The number of allylic oxidation sites excluding steroid dienone is 1. The number of benzene rings is 1. The third kappa shape index (κ3) is 3.86. The van der Waals surface area contributed by atoms with Gasteiger partial charge in [-0.2, -0.15) is 5.26 Å². The largest absolute Gasteiger partial charge is 0.454 e. The molecule has 0 amide bonds. The van der Waals surface area contributed by atoms with E-state index >= 15 is 0 Å². The number of fused-ring (bicyclic) bond motifs is 1. The minimum atomic E-state index is -0.660. The van der Waals surface area contributed by atoms with Gasteiger partial charge in [-0.3, -0.25) is 4.79 Å². The number of hydrogen-bond acceptors (Lipinski definition) is 7. The van der Waals surface area contributed by atoms with Crippen LogP contribution in [0, 0.1) is 11.3 Å². The Morgan fingerprint density at radius 2 is 2.04 bits per heavy atom. The smallest absolute Gasteiger partial charge is 0.339 e. The van der Waals surface area contributed by atoms with Crippen LogP contribution >= 0.6 is 11.3 Å². The van der Waals surface area contributed by atoms with Crippen LogP contribution in [0.3, 0.4) is 0 Å². The molecule has 3 aromatic rings. The lowest BCUT2D eigenvalue weighted by atomic mass is 10.1. The van der Waals surface area contributed by atoms with Gasteiger partial charge in [-0.15, -0.1) is 11.3 Å². The molecule has 0 saturated heterocycles. The second kappa shape index (κ2) is 7.81. The minimum absolute atomic E-state index is 0.0906. The van der Waals surface area contributed by atoms with Gasteiger partial charge in [-0.1, -0.05) is 24.3 Å². The van der Waals surface area contributed by atoms with Gasteiger partial charge in [0.1, 0.15) is 11.6 Å². The monoisotopic (exact) mass is 377 g/mol. The highest BCUT2D eigenvalue weighted by Gasteiger charge is 2.18. The first-order chi connectivity index (χ1) is 13.0. The molecule has 27 heavy (non-hydrogen) atoms. The maximum atomic E-state index is 12.6. The molecule has 0 unspecified atom stereocenters. The molecular weight excluding hydrogens is 362 g/mol. The third-order valence-electron chi connectivity index (χ3n) is 3.83. The molecule has 2 N–H and O–H groups in total. The van der Waals surface area contributed by atoms with Crippen molar-refractivity contribution in [2.75, 3.05) is 6.61 Å². The standard InChI is InChI=1S/C20H15N3O3S/c1-12(22)15(10-21)18(24)11-26-20(25)14-9-17(19-7-4-8-27-19)23-16-6-3-2-5-13(14)16/h2-9H,11,22H2,1H3/b15-12+. The van der Waals surface area contributed by atoms with Gasteiger partial charge in [0.05, 0.1) is 21.7 Å². The highest BCUT2D eigenvalue weighted by molar-refractivity contribution is 7.13. The molecular formula is C20H15N3O3S. The number of esters is 1. The van der Waals surface area contributed by atoms with E-state index in [0.29, 0.717) is 22.2 Å². The van der Waals surface area contributed by atoms with Crippen molar-refractivity contribution < 1.29 is 14.3 Å². The molecule has 0 aliphatic heterocycles. The molecule has 0 atom stereocenters. The SMILES string of the molecule is C/C(N)=C(/C#N)C(=O)COC(=O)c1cc(-c2cccs2)nc2ccccc12. The van der Waals surface area contributed by atoms with Crippen LogP contribution in [0.5, 0.6) is 0 Å². The lowest BCUT2D eigenvalue weighted by molar-refractivity contribution is -0.118. The van der Waals surface area contributed by atoms with Crippen LogP contribution in [0.1, 0.15) is 17.3 Å². The molecule has 0 spiro atoms. The topological polar surface area (TPSA) is 106 Å². The molecule has 0 saturated carbocycles. The lowest BCUT2D eigenvalue weighted by Gasteiger charge is -2.09. The number of carbonyl (C=O) groups excluding carboxylic acids is 2. The van der Waals surface area contributed by atoms with Crippen LogP contribution in [0.25, 0.3) is 21.5 Å². The van der Waals surface area contributed by atoms with Gasteiger partial charge in [0.2, 0.25) is 5.78 Å². The van der Waals surface area contributed by atoms with Gasteiger partial charge in [-0.05, 0) is 30.5 Å². The first-order valence-electron chi connectivity index (χ1n) is 8.01. The van der Waals surface area contributed by atoms with Crippen molar-refractivity contribution in [2.45, 2.75) is 6.92 Å². The van der Waals surface area contributed by atoms with Crippen LogP contribution in [0.2, 0.25) is 0 Å². The molecule has 0 radical (unpaired) electrons. The van der Waals surface area contributed by atoms with Gasteiger partial charge < -0.3 is 10.5 Å². The van der Waals surface area contributed by atoms with E-state index in [2.05, 4.69) is 4.98 Å². The highest BCUT2D eigenvalue weighted by atomic mass is 32.1. The summed E-state index contributed by atoms with van der Waals surface area (Å²) in [5.41, 5.74) is 7.00. The van der Waals surface area contributed by atoms with Crippen molar-refractivity contribution >= 4 is 34.0 Å². The molecule has 134 valence electrons. The Hall–Kier alpha value is -3.50. The summed E-state index contributed by atoms with van der Waals surface area (Å²) >= 11 is 1.51. The Morgan fingerprint density at radius 1 is 1.26 bits per heavy atom. The van der Waals surface area contributed by atoms with Crippen LogP contribution in [-0.2, 0) is 9.53 Å². The average Bonchev–Trinajstić information content (AvgIpc) is 3.20. The number of Topliss-reactive ketones (excluding diaryl/α,β-unsaturated/α-hetero) is 1. The number of nitriles is 1. The zero-order valence-corrected chi connectivity index (χ0v) is 15.2. The maximum absolute atomic E-state index is 12.6. The van der Waals surface area contributed by atoms with E-state index in [1.165, 1.54) is 18.3 Å². The van der Waals surface area contributed by atoms with Crippen LogP contribution < -0.4 is 5.73 Å². The Bertz CT molecular complexity index is 1090. The normalized spacial score (nSPS) is 11.6. The summed E-state index contributed by atoms with van der Waals surface area (Å²) in [6, 6.07) is 14.4. The summed E-state index contributed by atoms with van der Waals surface area (Å²) in [5.74, 6) is -1.30. The molecule has 1 aromatic carbocycles. The zero-order chi connectivity index (χ0) is 19.4. The zero-order valence-electron chi connectivity index (χ0n) is 14.4. The molecule has 0 fully saturated rings. The highest BCUT2D eigenvalue weighted by Crippen LogP contribution is 2.28. The van der Waals surface area contributed by atoms with Gasteiger partial charge in [-0.25, -0.2) is 9.78 Å². The molecule has 7 heteroatoms. The van der Waals surface area contributed by atoms with Crippen molar-refractivity contribution in [1.29, 1.82) is 5.26 Å². The number of carbonyl (C=O) groups is 2.